The zero-order valence-corrected chi connectivity index (χ0v) is 14.0. The summed E-state index contributed by atoms with van der Waals surface area (Å²) in [5, 5.41) is 2.95. The number of carbonyl (C=O) groups is 1. The van der Waals surface area contributed by atoms with Gasteiger partial charge in [0, 0.05) is 30.4 Å². The summed E-state index contributed by atoms with van der Waals surface area (Å²) in [5.74, 6) is -0.505. The Morgan fingerprint density at radius 3 is 2.42 bits per heavy atom. The number of benzene rings is 2. The molecule has 1 aliphatic rings. The van der Waals surface area contributed by atoms with Gasteiger partial charge in [-0.05, 0) is 55.3 Å². The summed E-state index contributed by atoms with van der Waals surface area (Å²) in [4.78, 5) is 14.4. The second-order valence-electron chi connectivity index (χ2n) is 6.12. The van der Waals surface area contributed by atoms with Crippen LogP contribution in [-0.4, -0.2) is 31.7 Å². The molecule has 0 spiro atoms. The van der Waals surface area contributed by atoms with Gasteiger partial charge in [0.25, 0.3) is 5.91 Å². The van der Waals surface area contributed by atoms with Crippen molar-refractivity contribution in [3.63, 3.8) is 0 Å². The molecular formula is C19H19F3N2O2. The smallest absolute Gasteiger partial charge is 0.387 e. The molecule has 26 heavy (non-hydrogen) atoms. The van der Waals surface area contributed by atoms with E-state index in [1.54, 1.807) is 6.07 Å². The second kappa shape index (κ2) is 8.12. The van der Waals surface area contributed by atoms with Gasteiger partial charge in [0.15, 0.2) is 0 Å². The lowest BCUT2D eigenvalue weighted by Gasteiger charge is -2.34. The summed E-state index contributed by atoms with van der Waals surface area (Å²) < 4.78 is 41.9. The number of alkyl halides is 2. The quantitative estimate of drug-likeness (QED) is 0.877. The van der Waals surface area contributed by atoms with Gasteiger partial charge >= 0.3 is 6.61 Å². The van der Waals surface area contributed by atoms with Crippen molar-refractivity contribution in [1.82, 2.24) is 5.32 Å². The molecular weight excluding hydrogens is 345 g/mol. The molecule has 3 rings (SSSR count). The van der Waals surface area contributed by atoms with Gasteiger partial charge in [-0.3, -0.25) is 4.79 Å². The number of hydrogen-bond donors (Lipinski definition) is 1. The molecule has 0 aliphatic carbocycles. The maximum absolute atomic E-state index is 13.3. The van der Waals surface area contributed by atoms with Crippen LogP contribution in [0.5, 0.6) is 5.75 Å². The van der Waals surface area contributed by atoms with Crippen molar-refractivity contribution in [3.8, 4) is 5.75 Å². The standard InChI is InChI=1S/C19H19F3N2O2/c20-14-2-1-3-16(12-14)24-10-8-15(9-11-24)23-18(25)13-4-6-17(7-5-13)26-19(21)22/h1-7,12,15,19H,8-11H2,(H,23,25). The third-order valence-electron chi connectivity index (χ3n) is 4.35. The van der Waals surface area contributed by atoms with Gasteiger partial charge < -0.3 is 15.0 Å². The van der Waals surface area contributed by atoms with Gasteiger partial charge in [0.2, 0.25) is 0 Å². The first-order valence-electron chi connectivity index (χ1n) is 8.37. The predicted octanol–water partition coefficient (Wildman–Crippen LogP) is 3.83. The highest BCUT2D eigenvalue weighted by Gasteiger charge is 2.21. The van der Waals surface area contributed by atoms with E-state index in [1.165, 1.54) is 36.4 Å². The number of rotatable bonds is 5. The molecule has 1 amide bonds. The van der Waals surface area contributed by atoms with Gasteiger partial charge in [-0.1, -0.05) is 6.07 Å². The van der Waals surface area contributed by atoms with Crippen molar-refractivity contribution in [2.75, 3.05) is 18.0 Å². The second-order valence-corrected chi connectivity index (χ2v) is 6.12. The summed E-state index contributed by atoms with van der Waals surface area (Å²) in [5.41, 5.74) is 1.23. The first-order valence-corrected chi connectivity index (χ1v) is 8.37. The van der Waals surface area contributed by atoms with Crippen LogP contribution < -0.4 is 15.0 Å². The van der Waals surface area contributed by atoms with Gasteiger partial charge in [-0.2, -0.15) is 8.78 Å². The lowest BCUT2D eigenvalue weighted by molar-refractivity contribution is -0.0498. The minimum atomic E-state index is -2.89. The molecule has 7 heteroatoms. The number of halogens is 3. The van der Waals surface area contributed by atoms with Crippen molar-refractivity contribution < 1.29 is 22.7 Å². The minimum Gasteiger partial charge on any atom is -0.435 e. The van der Waals surface area contributed by atoms with Gasteiger partial charge in [0.05, 0.1) is 0 Å². The molecule has 0 aromatic heterocycles. The molecule has 1 aliphatic heterocycles. The molecule has 138 valence electrons. The highest BCUT2D eigenvalue weighted by Crippen LogP contribution is 2.21. The van der Waals surface area contributed by atoms with E-state index in [1.807, 2.05) is 6.07 Å². The van der Waals surface area contributed by atoms with Crippen LogP contribution >= 0.6 is 0 Å². The Hall–Kier alpha value is -2.70. The van der Waals surface area contributed by atoms with Crippen LogP contribution in [0.15, 0.2) is 48.5 Å². The lowest BCUT2D eigenvalue weighted by Crippen LogP contribution is -2.44. The van der Waals surface area contributed by atoms with Gasteiger partial charge in [0.1, 0.15) is 11.6 Å². The van der Waals surface area contributed by atoms with Crippen LogP contribution in [0, 0.1) is 5.82 Å². The van der Waals surface area contributed by atoms with E-state index in [0.29, 0.717) is 5.56 Å². The Labute approximate surface area is 149 Å². The molecule has 1 N–H and O–H groups in total. The van der Waals surface area contributed by atoms with E-state index < -0.39 is 6.61 Å². The summed E-state index contributed by atoms with van der Waals surface area (Å²) in [6, 6.07) is 12.1. The topological polar surface area (TPSA) is 41.6 Å². The largest absolute Gasteiger partial charge is 0.435 e. The average Bonchev–Trinajstić information content (AvgIpc) is 2.62. The van der Waals surface area contributed by atoms with Crippen LogP contribution in [0.1, 0.15) is 23.2 Å². The monoisotopic (exact) mass is 364 g/mol. The maximum Gasteiger partial charge on any atom is 0.387 e. The van der Waals surface area contributed by atoms with E-state index in [0.717, 1.165) is 31.6 Å². The molecule has 1 fully saturated rings. The van der Waals surface area contributed by atoms with Crippen LogP contribution in [0.2, 0.25) is 0 Å². The zero-order valence-electron chi connectivity index (χ0n) is 14.0. The first-order chi connectivity index (χ1) is 12.5. The van der Waals surface area contributed by atoms with Crippen LogP contribution in [0.25, 0.3) is 0 Å². The number of amides is 1. The highest BCUT2D eigenvalue weighted by molar-refractivity contribution is 5.94. The normalized spacial score (nSPS) is 15.2. The minimum absolute atomic E-state index is 0.0138. The van der Waals surface area contributed by atoms with Crippen molar-refractivity contribution in [3.05, 3.63) is 59.9 Å². The number of nitrogens with zero attached hydrogens (tertiary/aromatic N) is 1. The Kier molecular flexibility index (Phi) is 5.65. The van der Waals surface area contributed by atoms with Crippen molar-refractivity contribution >= 4 is 11.6 Å². The number of anilines is 1. The lowest BCUT2D eigenvalue weighted by atomic mass is 10.0. The van der Waals surface area contributed by atoms with Crippen molar-refractivity contribution in [2.45, 2.75) is 25.5 Å². The molecule has 2 aromatic rings. The van der Waals surface area contributed by atoms with E-state index in [-0.39, 0.29) is 23.5 Å². The predicted molar refractivity (Wildman–Crippen MR) is 92.2 cm³/mol. The summed E-state index contributed by atoms with van der Waals surface area (Å²) in [6.45, 7) is -1.46. The summed E-state index contributed by atoms with van der Waals surface area (Å²) >= 11 is 0. The molecule has 1 heterocycles. The summed E-state index contributed by atoms with van der Waals surface area (Å²) in [6.07, 6.45) is 1.49. The highest BCUT2D eigenvalue weighted by atomic mass is 19.3. The van der Waals surface area contributed by atoms with E-state index in [4.69, 9.17) is 0 Å². The number of hydrogen-bond acceptors (Lipinski definition) is 3. The fraction of sp³-hybridized carbons (Fsp3) is 0.316. The Morgan fingerprint density at radius 2 is 1.81 bits per heavy atom. The molecule has 0 saturated carbocycles. The molecule has 0 radical (unpaired) electrons. The summed E-state index contributed by atoms with van der Waals surface area (Å²) in [7, 11) is 0. The Morgan fingerprint density at radius 1 is 1.12 bits per heavy atom. The van der Waals surface area contributed by atoms with Gasteiger partial charge in [-0.15, -0.1) is 0 Å². The third-order valence-corrected chi connectivity index (χ3v) is 4.35. The molecule has 0 atom stereocenters. The van der Waals surface area contributed by atoms with Crippen molar-refractivity contribution in [1.29, 1.82) is 0 Å². The SMILES string of the molecule is O=C(NC1CCN(c2cccc(F)c2)CC1)c1ccc(OC(F)F)cc1. The average molecular weight is 364 g/mol. The first kappa shape index (κ1) is 18.1. The number of ether oxygens (including phenoxy) is 1. The number of piperidine rings is 1. The van der Waals surface area contributed by atoms with Crippen molar-refractivity contribution in [2.24, 2.45) is 0 Å². The van der Waals surface area contributed by atoms with E-state index in [2.05, 4.69) is 15.0 Å². The fourth-order valence-electron chi connectivity index (χ4n) is 3.01. The number of nitrogens with one attached hydrogen (secondary N) is 1. The maximum atomic E-state index is 13.3. The zero-order chi connectivity index (χ0) is 18.5. The van der Waals surface area contributed by atoms with E-state index >= 15 is 0 Å². The fourth-order valence-corrected chi connectivity index (χ4v) is 3.01. The molecule has 2 aromatic carbocycles. The molecule has 0 unspecified atom stereocenters. The Bertz CT molecular complexity index is 745. The Balaban J connectivity index is 1.51. The third kappa shape index (κ3) is 4.68. The van der Waals surface area contributed by atoms with Crippen LogP contribution in [0.4, 0.5) is 18.9 Å². The van der Waals surface area contributed by atoms with Crippen LogP contribution in [-0.2, 0) is 0 Å². The van der Waals surface area contributed by atoms with Gasteiger partial charge in [-0.25, -0.2) is 4.39 Å². The molecule has 1 saturated heterocycles. The van der Waals surface area contributed by atoms with Crippen LogP contribution in [0.3, 0.4) is 0 Å². The van der Waals surface area contributed by atoms with E-state index in [9.17, 15) is 18.0 Å². The number of carbonyl (C=O) groups excluding carboxylic acids is 1. The molecule has 4 nitrogen and oxygen atoms in total. The molecule has 0 bridgehead atoms.